The first kappa shape index (κ1) is 29.5. The second-order valence-corrected chi connectivity index (χ2v) is 11.6. The molecule has 4 atom stereocenters. The van der Waals surface area contributed by atoms with E-state index in [2.05, 4.69) is 10.1 Å². The largest absolute Gasteiger partial charge is 0.618 e. The second-order valence-electron chi connectivity index (χ2n) is 10.5. The van der Waals surface area contributed by atoms with Gasteiger partial charge < -0.3 is 29.8 Å². The SMILES string of the molecule is C[C@H]1[C@@H](CSc2cccc[n+]2[O-])OC(c2cccc(NC(=O)c3ccc4c(c3)C(=O)OC4=O)c2)O[C@H]1c1ccc(CO)cc1. The molecule has 0 aliphatic carbocycles. The van der Waals surface area contributed by atoms with Crippen molar-refractivity contribution in [1.82, 2.24) is 0 Å². The quantitative estimate of drug-likeness (QED) is 0.0930. The third kappa shape index (κ3) is 6.08. The zero-order chi connectivity index (χ0) is 30.8. The lowest BCUT2D eigenvalue weighted by molar-refractivity contribution is -0.645. The number of fused-ring (bicyclic) bond motifs is 1. The first-order chi connectivity index (χ1) is 21.3. The zero-order valence-corrected chi connectivity index (χ0v) is 24.4. The number of anilines is 1. The van der Waals surface area contributed by atoms with Gasteiger partial charge in [-0.05, 0) is 47.5 Å². The molecule has 1 aromatic heterocycles. The summed E-state index contributed by atoms with van der Waals surface area (Å²) in [5, 5.41) is 25.2. The molecule has 44 heavy (non-hydrogen) atoms. The van der Waals surface area contributed by atoms with Crippen LogP contribution in [0.1, 0.15) is 67.1 Å². The molecule has 224 valence electrons. The Kier molecular flexibility index (Phi) is 8.45. The predicted molar refractivity (Wildman–Crippen MR) is 160 cm³/mol. The summed E-state index contributed by atoms with van der Waals surface area (Å²) in [4.78, 5) is 36.8. The van der Waals surface area contributed by atoms with Crippen molar-refractivity contribution in [2.45, 2.75) is 37.1 Å². The van der Waals surface area contributed by atoms with E-state index in [0.29, 0.717) is 22.0 Å². The van der Waals surface area contributed by atoms with Crippen molar-refractivity contribution >= 4 is 35.3 Å². The van der Waals surface area contributed by atoms with Gasteiger partial charge in [0.25, 0.3) is 10.9 Å². The van der Waals surface area contributed by atoms with Crippen LogP contribution in [0.4, 0.5) is 5.69 Å². The Morgan fingerprint density at radius 3 is 2.50 bits per heavy atom. The molecular formula is C33H28N2O8S. The van der Waals surface area contributed by atoms with Crippen LogP contribution in [-0.2, 0) is 20.8 Å². The number of carbonyl (C=O) groups is 3. The monoisotopic (exact) mass is 612 g/mol. The van der Waals surface area contributed by atoms with Crippen LogP contribution in [0, 0.1) is 11.1 Å². The topological polar surface area (TPSA) is 138 Å². The van der Waals surface area contributed by atoms with E-state index in [1.165, 1.54) is 36.2 Å². The van der Waals surface area contributed by atoms with Gasteiger partial charge in [0.15, 0.2) is 12.5 Å². The number of aliphatic hydroxyl groups is 1. The number of rotatable bonds is 8. The number of esters is 2. The molecule has 0 spiro atoms. The number of ether oxygens (including phenoxy) is 3. The van der Waals surface area contributed by atoms with Crippen LogP contribution in [0.5, 0.6) is 0 Å². The van der Waals surface area contributed by atoms with E-state index in [1.54, 1.807) is 30.3 Å². The van der Waals surface area contributed by atoms with Crippen molar-refractivity contribution < 1.29 is 38.4 Å². The minimum atomic E-state index is -0.785. The summed E-state index contributed by atoms with van der Waals surface area (Å²) < 4.78 is 18.4. The number of hydrogen-bond donors (Lipinski definition) is 2. The van der Waals surface area contributed by atoms with Crippen molar-refractivity contribution in [2.75, 3.05) is 11.1 Å². The predicted octanol–water partition coefficient (Wildman–Crippen LogP) is 4.96. The van der Waals surface area contributed by atoms with Crippen LogP contribution in [0.25, 0.3) is 0 Å². The maximum Gasteiger partial charge on any atom is 0.346 e. The van der Waals surface area contributed by atoms with Gasteiger partial charge in [-0.2, -0.15) is 4.73 Å². The molecule has 1 saturated heterocycles. The van der Waals surface area contributed by atoms with Gasteiger partial charge in [-0.15, -0.1) is 0 Å². The molecule has 0 saturated carbocycles. The highest BCUT2D eigenvalue weighted by molar-refractivity contribution is 7.99. The van der Waals surface area contributed by atoms with Crippen LogP contribution in [0.2, 0.25) is 0 Å². The summed E-state index contributed by atoms with van der Waals surface area (Å²) in [6, 6.07) is 24.1. The number of nitrogens with one attached hydrogen (secondary N) is 1. The number of amides is 1. The smallest absolute Gasteiger partial charge is 0.346 e. The third-order valence-electron chi connectivity index (χ3n) is 7.63. The Morgan fingerprint density at radius 1 is 0.932 bits per heavy atom. The molecule has 2 aliphatic rings. The Labute approximate surface area is 257 Å². The van der Waals surface area contributed by atoms with Gasteiger partial charge in [0.1, 0.15) is 0 Å². The highest BCUT2D eigenvalue weighted by atomic mass is 32.2. The van der Waals surface area contributed by atoms with E-state index in [0.717, 1.165) is 15.9 Å². The van der Waals surface area contributed by atoms with Crippen molar-refractivity contribution in [3.8, 4) is 0 Å². The van der Waals surface area contributed by atoms with Gasteiger partial charge in [0.05, 0.1) is 29.9 Å². The van der Waals surface area contributed by atoms with Crippen molar-refractivity contribution in [1.29, 1.82) is 0 Å². The number of nitrogens with zero attached hydrogens (tertiary/aromatic N) is 1. The summed E-state index contributed by atoms with van der Waals surface area (Å²) in [5.41, 5.74) is 3.23. The fourth-order valence-corrected chi connectivity index (χ4v) is 6.27. The number of thioether (sulfide) groups is 1. The first-order valence-corrected chi connectivity index (χ1v) is 14.9. The van der Waals surface area contributed by atoms with Gasteiger partial charge in [-0.1, -0.05) is 55.1 Å². The molecule has 2 N–H and O–H groups in total. The molecule has 2 aliphatic heterocycles. The standard InChI is InChI=1S/C33H28N2O8S/c1-19-27(18-44-28-7-2-3-14-35(28)40)41-33(42-29(19)21-10-8-20(17-36)9-11-21)23-5-4-6-24(15-23)34-30(37)22-12-13-25-26(16-22)32(39)43-31(25)38/h2-16,19,27,29,33,36H,17-18H2,1H3,(H,34,37)/t19-,27+,29+,33?/m0/s1. The van der Waals surface area contributed by atoms with Crippen LogP contribution < -0.4 is 10.0 Å². The van der Waals surface area contributed by atoms with Gasteiger partial charge in [-0.25, -0.2) is 9.59 Å². The van der Waals surface area contributed by atoms with Crippen LogP contribution in [0.15, 0.2) is 96.2 Å². The van der Waals surface area contributed by atoms with E-state index < -0.39 is 24.1 Å². The van der Waals surface area contributed by atoms with Crippen LogP contribution in [0.3, 0.4) is 0 Å². The molecule has 0 bridgehead atoms. The van der Waals surface area contributed by atoms with E-state index in [4.69, 9.17) is 9.47 Å². The number of hydrogen-bond acceptors (Lipinski definition) is 9. The Bertz CT molecular complexity index is 1730. The molecule has 3 heterocycles. The molecule has 0 radical (unpaired) electrons. The molecule has 1 unspecified atom stereocenters. The highest BCUT2D eigenvalue weighted by Crippen LogP contribution is 2.43. The molecule has 1 fully saturated rings. The summed E-state index contributed by atoms with van der Waals surface area (Å²) in [5.74, 6) is -1.57. The summed E-state index contributed by atoms with van der Waals surface area (Å²) >= 11 is 1.40. The lowest BCUT2D eigenvalue weighted by Gasteiger charge is -2.41. The number of aliphatic hydroxyl groups excluding tert-OH is 1. The second kappa shape index (κ2) is 12.6. The lowest BCUT2D eigenvalue weighted by atomic mass is 9.91. The minimum absolute atomic E-state index is 0.0505. The van der Waals surface area contributed by atoms with Crippen molar-refractivity contribution in [2.24, 2.45) is 5.92 Å². The van der Waals surface area contributed by atoms with Crippen molar-refractivity contribution in [3.05, 3.63) is 130 Å². The summed E-state index contributed by atoms with van der Waals surface area (Å²) in [6.07, 6.45) is 0.0219. The van der Waals surface area contributed by atoms with E-state index in [1.807, 2.05) is 43.3 Å². The molecule has 1 amide bonds. The number of pyridine rings is 1. The number of carbonyl (C=O) groups excluding carboxylic acids is 3. The molecule has 6 rings (SSSR count). The lowest BCUT2D eigenvalue weighted by Crippen LogP contribution is -2.39. The molecule has 4 aromatic rings. The number of aromatic nitrogens is 1. The zero-order valence-electron chi connectivity index (χ0n) is 23.5. The average Bonchev–Trinajstić information content (AvgIpc) is 3.33. The van der Waals surface area contributed by atoms with E-state index >= 15 is 0 Å². The van der Waals surface area contributed by atoms with Gasteiger partial charge in [0, 0.05) is 40.6 Å². The molecular weight excluding hydrogens is 584 g/mol. The average molecular weight is 613 g/mol. The minimum Gasteiger partial charge on any atom is -0.618 e. The maximum atomic E-state index is 13.1. The first-order valence-electron chi connectivity index (χ1n) is 13.9. The summed E-state index contributed by atoms with van der Waals surface area (Å²) in [6.45, 7) is 1.98. The van der Waals surface area contributed by atoms with E-state index in [-0.39, 0.29) is 41.4 Å². The Hall–Kier alpha value is -4.55. The van der Waals surface area contributed by atoms with Crippen molar-refractivity contribution in [3.63, 3.8) is 0 Å². The summed E-state index contributed by atoms with van der Waals surface area (Å²) in [7, 11) is 0. The fourth-order valence-electron chi connectivity index (χ4n) is 5.19. The maximum absolute atomic E-state index is 13.1. The normalized spacial score (nSPS) is 21.0. The number of cyclic esters (lactones) is 2. The van der Waals surface area contributed by atoms with Gasteiger partial charge in [0.2, 0.25) is 0 Å². The third-order valence-corrected chi connectivity index (χ3v) is 8.74. The van der Waals surface area contributed by atoms with Gasteiger partial charge >= 0.3 is 11.9 Å². The highest BCUT2D eigenvalue weighted by Gasteiger charge is 2.39. The Morgan fingerprint density at radius 2 is 1.73 bits per heavy atom. The molecule has 3 aromatic carbocycles. The van der Waals surface area contributed by atoms with Crippen LogP contribution >= 0.6 is 11.8 Å². The fraction of sp³-hybridized carbons (Fsp3) is 0.212. The Balaban J connectivity index is 1.24. The van der Waals surface area contributed by atoms with Crippen LogP contribution in [-0.4, -0.2) is 34.8 Å². The number of benzene rings is 3. The molecule has 10 nitrogen and oxygen atoms in total. The molecule has 11 heteroatoms. The van der Waals surface area contributed by atoms with E-state index in [9.17, 15) is 24.7 Å². The van der Waals surface area contributed by atoms with Gasteiger partial charge in [-0.3, -0.25) is 4.79 Å².